The van der Waals surface area contributed by atoms with Gasteiger partial charge in [0.05, 0.1) is 0 Å². The van der Waals surface area contributed by atoms with E-state index in [1.54, 1.807) is 0 Å². The van der Waals surface area contributed by atoms with Crippen LogP contribution in [0.2, 0.25) is 5.02 Å². The van der Waals surface area contributed by atoms with Crippen molar-refractivity contribution in [2.75, 3.05) is 0 Å². The molecule has 0 N–H and O–H groups in total. The van der Waals surface area contributed by atoms with Crippen molar-refractivity contribution in [1.29, 1.82) is 0 Å². The first kappa shape index (κ1) is 7.63. The Hall–Kier alpha value is -0.0100. The van der Waals surface area contributed by atoms with Gasteiger partial charge in [-0.15, -0.1) is 0 Å². The average Bonchev–Trinajstić information content (AvgIpc) is 2.70. The van der Waals surface area contributed by atoms with E-state index < -0.39 is 0 Å². The van der Waals surface area contributed by atoms with Crippen LogP contribution in [0.5, 0.6) is 0 Å². The van der Waals surface area contributed by atoms with Crippen LogP contribution in [0, 0.1) is 6.42 Å². The molecule has 2 rings (SSSR count). The van der Waals surface area contributed by atoms with Crippen LogP contribution in [-0.2, 0) is 0 Å². The van der Waals surface area contributed by atoms with Crippen LogP contribution in [0.3, 0.4) is 0 Å². The van der Waals surface area contributed by atoms with Gasteiger partial charge >= 0.3 is 0 Å². The number of rotatable bonds is 1. The van der Waals surface area contributed by atoms with Crippen molar-refractivity contribution < 1.29 is 0 Å². The molecule has 0 saturated heterocycles. The van der Waals surface area contributed by atoms with Crippen molar-refractivity contribution in [2.24, 2.45) is 0 Å². The lowest BCUT2D eigenvalue weighted by Gasteiger charge is -2.00. The minimum Gasteiger partial charge on any atom is -0.0840 e. The predicted octanol–water partition coefficient (Wildman–Crippen LogP) is 3.79. The van der Waals surface area contributed by atoms with Crippen molar-refractivity contribution in [3.8, 4) is 0 Å². The molecular weight excluding hydrogens is 223 g/mol. The standard InChI is InChI=1S/C9H7BrCl/c10-7-3-4-8(6-1-2-6)9(11)5-7/h1,3-6H,2H2. The third kappa shape index (κ3) is 1.60. The van der Waals surface area contributed by atoms with Gasteiger partial charge in [0.2, 0.25) is 0 Å². The predicted molar refractivity (Wildman–Crippen MR) is 50.8 cm³/mol. The maximum Gasteiger partial charge on any atom is 0.0452 e. The van der Waals surface area contributed by atoms with Gasteiger partial charge in [-0.1, -0.05) is 33.6 Å². The normalized spacial score (nSPS) is 16.9. The van der Waals surface area contributed by atoms with Gasteiger partial charge in [-0.2, -0.15) is 0 Å². The Labute approximate surface area is 79.7 Å². The van der Waals surface area contributed by atoms with Crippen LogP contribution in [0.15, 0.2) is 22.7 Å². The minimum absolute atomic E-state index is 0.621. The third-order valence-corrected chi connectivity index (χ3v) is 2.65. The Bertz CT molecular complexity index is 279. The molecule has 0 spiro atoms. The van der Waals surface area contributed by atoms with E-state index in [0.717, 1.165) is 9.50 Å². The van der Waals surface area contributed by atoms with Crippen LogP contribution in [0.25, 0.3) is 0 Å². The molecule has 1 aliphatic rings. The monoisotopic (exact) mass is 229 g/mol. The summed E-state index contributed by atoms with van der Waals surface area (Å²) in [5.41, 5.74) is 1.26. The molecule has 1 fully saturated rings. The molecule has 1 aliphatic carbocycles. The van der Waals surface area contributed by atoms with E-state index in [2.05, 4.69) is 28.4 Å². The molecule has 0 nitrogen and oxygen atoms in total. The van der Waals surface area contributed by atoms with Gasteiger partial charge in [0.25, 0.3) is 0 Å². The van der Waals surface area contributed by atoms with E-state index >= 15 is 0 Å². The van der Waals surface area contributed by atoms with E-state index in [4.69, 9.17) is 11.6 Å². The molecule has 1 radical (unpaired) electrons. The van der Waals surface area contributed by atoms with Gasteiger partial charge in [-0.25, -0.2) is 0 Å². The summed E-state index contributed by atoms with van der Waals surface area (Å²) in [5, 5.41) is 0.873. The van der Waals surface area contributed by atoms with Crippen molar-refractivity contribution >= 4 is 27.5 Å². The molecule has 2 heteroatoms. The highest BCUT2D eigenvalue weighted by Gasteiger charge is 2.25. The first-order valence-corrected chi connectivity index (χ1v) is 4.73. The lowest BCUT2D eigenvalue weighted by atomic mass is 10.1. The van der Waals surface area contributed by atoms with Crippen molar-refractivity contribution in [3.63, 3.8) is 0 Å². The molecule has 1 saturated carbocycles. The molecule has 0 amide bonds. The van der Waals surface area contributed by atoms with Gasteiger partial charge in [0, 0.05) is 9.50 Å². The fraction of sp³-hybridized carbons (Fsp3) is 0.222. The smallest absolute Gasteiger partial charge is 0.0452 e. The molecule has 1 aromatic carbocycles. The number of benzene rings is 1. The van der Waals surface area contributed by atoms with Gasteiger partial charge in [-0.05, 0) is 36.5 Å². The molecule has 11 heavy (non-hydrogen) atoms. The highest BCUT2D eigenvalue weighted by atomic mass is 79.9. The molecule has 1 aromatic rings. The summed E-state index contributed by atoms with van der Waals surface area (Å²) in [7, 11) is 0. The molecule has 57 valence electrons. The minimum atomic E-state index is 0.621. The maximum atomic E-state index is 6.01. The first-order chi connectivity index (χ1) is 5.27. The van der Waals surface area contributed by atoms with Crippen LogP contribution >= 0.6 is 27.5 Å². The summed E-state index contributed by atoms with van der Waals surface area (Å²) in [5.74, 6) is 0.621. The second-order valence-electron chi connectivity index (χ2n) is 2.74. The van der Waals surface area contributed by atoms with Crippen molar-refractivity contribution in [2.45, 2.75) is 12.3 Å². The molecule has 1 atom stereocenters. The van der Waals surface area contributed by atoms with Crippen LogP contribution < -0.4 is 0 Å². The highest BCUT2D eigenvalue weighted by molar-refractivity contribution is 9.10. The van der Waals surface area contributed by atoms with E-state index in [1.165, 1.54) is 12.0 Å². The Balaban J connectivity index is 2.39. The largest absolute Gasteiger partial charge is 0.0840 e. The summed E-state index contributed by atoms with van der Waals surface area (Å²) in [4.78, 5) is 0. The third-order valence-electron chi connectivity index (χ3n) is 1.83. The molecule has 0 heterocycles. The Morgan fingerprint density at radius 3 is 2.73 bits per heavy atom. The van der Waals surface area contributed by atoms with Crippen molar-refractivity contribution in [3.05, 3.63) is 39.7 Å². The summed E-state index contributed by atoms with van der Waals surface area (Å²) in [6, 6.07) is 6.07. The lowest BCUT2D eigenvalue weighted by molar-refractivity contribution is 1.16. The van der Waals surface area contributed by atoms with Gasteiger partial charge in [-0.3, -0.25) is 0 Å². The van der Waals surface area contributed by atoms with Crippen LogP contribution in [0.1, 0.15) is 17.9 Å². The average molecular weight is 231 g/mol. The summed E-state index contributed by atoms with van der Waals surface area (Å²) < 4.78 is 1.05. The zero-order valence-corrected chi connectivity index (χ0v) is 8.19. The van der Waals surface area contributed by atoms with E-state index in [9.17, 15) is 0 Å². The Morgan fingerprint density at radius 1 is 1.45 bits per heavy atom. The lowest BCUT2D eigenvalue weighted by Crippen LogP contribution is -1.80. The SMILES string of the molecule is Clc1cc(Br)ccc1C1[CH]C1. The molecule has 0 aromatic heterocycles. The first-order valence-electron chi connectivity index (χ1n) is 3.55. The Kier molecular flexibility index (Phi) is 1.94. The van der Waals surface area contributed by atoms with Crippen LogP contribution in [-0.4, -0.2) is 0 Å². The Morgan fingerprint density at radius 2 is 2.18 bits per heavy atom. The zero-order chi connectivity index (χ0) is 7.84. The number of halogens is 2. The topological polar surface area (TPSA) is 0 Å². The number of hydrogen-bond donors (Lipinski definition) is 0. The van der Waals surface area contributed by atoms with Gasteiger partial charge in [0.15, 0.2) is 0 Å². The fourth-order valence-electron chi connectivity index (χ4n) is 1.12. The van der Waals surface area contributed by atoms with E-state index in [-0.39, 0.29) is 0 Å². The zero-order valence-electron chi connectivity index (χ0n) is 5.85. The molecule has 1 unspecified atom stereocenters. The summed E-state index contributed by atoms with van der Waals surface area (Å²) >= 11 is 9.39. The molecular formula is C9H7BrCl. The van der Waals surface area contributed by atoms with Gasteiger partial charge < -0.3 is 0 Å². The highest BCUT2D eigenvalue weighted by Crippen LogP contribution is 2.42. The molecule has 0 bridgehead atoms. The second kappa shape index (κ2) is 2.80. The van der Waals surface area contributed by atoms with E-state index in [1.807, 2.05) is 12.1 Å². The molecule has 0 aliphatic heterocycles. The van der Waals surface area contributed by atoms with Crippen molar-refractivity contribution in [1.82, 2.24) is 0 Å². The van der Waals surface area contributed by atoms with Gasteiger partial charge in [0.1, 0.15) is 0 Å². The number of hydrogen-bond acceptors (Lipinski definition) is 0. The van der Waals surface area contributed by atoms with E-state index in [0.29, 0.717) is 5.92 Å². The second-order valence-corrected chi connectivity index (χ2v) is 4.07. The van der Waals surface area contributed by atoms with Crippen LogP contribution in [0.4, 0.5) is 0 Å². The summed E-state index contributed by atoms with van der Waals surface area (Å²) in [6.45, 7) is 0. The quantitative estimate of drug-likeness (QED) is 0.688. The fourth-order valence-corrected chi connectivity index (χ4v) is 1.94. The maximum absolute atomic E-state index is 6.01. The summed E-state index contributed by atoms with van der Waals surface area (Å²) in [6.07, 6.45) is 3.44.